The lowest BCUT2D eigenvalue weighted by atomic mass is 10.3. The molecule has 0 bridgehead atoms. The van der Waals surface area contributed by atoms with E-state index in [9.17, 15) is 9.90 Å². The van der Waals surface area contributed by atoms with Gasteiger partial charge in [-0.25, -0.2) is 4.79 Å². The number of esters is 1. The van der Waals surface area contributed by atoms with Crippen LogP contribution in [0, 0.1) is 6.92 Å². The van der Waals surface area contributed by atoms with E-state index in [1.54, 1.807) is 20.9 Å². The van der Waals surface area contributed by atoms with E-state index < -0.39 is 5.97 Å². The molecule has 0 radical (unpaired) electrons. The Morgan fingerprint density at radius 3 is 2.69 bits per heavy atom. The summed E-state index contributed by atoms with van der Waals surface area (Å²) in [5.74, 6) is -0.663. The molecule has 1 heterocycles. The monoisotopic (exact) mass is 184 g/mol. The van der Waals surface area contributed by atoms with Gasteiger partial charge in [0.15, 0.2) is 11.4 Å². The molecule has 0 spiro atoms. The van der Waals surface area contributed by atoms with Gasteiger partial charge in [0, 0.05) is 7.05 Å². The Bertz CT molecular complexity index is 330. The Kier molecular flexibility index (Phi) is 2.55. The van der Waals surface area contributed by atoms with Gasteiger partial charge >= 0.3 is 5.97 Å². The Morgan fingerprint density at radius 1 is 1.69 bits per heavy atom. The van der Waals surface area contributed by atoms with E-state index in [2.05, 4.69) is 5.10 Å². The standard InChI is InChI=1S/C8H12N2O3/c1-4-13-8(12)6-7(11)5(2)9-10(6)3/h11H,4H2,1-3H3. The van der Waals surface area contributed by atoms with Crippen LogP contribution in [0.5, 0.6) is 5.75 Å². The lowest BCUT2D eigenvalue weighted by molar-refractivity contribution is 0.0510. The van der Waals surface area contributed by atoms with Crippen LogP contribution in [-0.4, -0.2) is 27.5 Å². The smallest absolute Gasteiger partial charge is 0.360 e. The van der Waals surface area contributed by atoms with Crippen LogP contribution in [0.3, 0.4) is 0 Å². The first-order valence-corrected chi connectivity index (χ1v) is 3.97. The molecule has 1 aromatic heterocycles. The molecule has 0 atom stereocenters. The second kappa shape index (κ2) is 3.47. The van der Waals surface area contributed by atoms with Crippen molar-refractivity contribution in [1.29, 1.82) is 0 Å². The average Bonchev–Trinajstić information content (AvgIpc) is 2.27. The predicted molar refractivity (Wildman–Crippen MR) is 45.6 cm³/mol. The normalized spacial score (nSPS) is 10.1. The fourth-order valence-electron chi connectivity index (χ4n) is 1.08. The van der Waals surface area contributed by atoms with Gasteiger partial charge in [-0.1, -0.05) is 0 Å². The van der Waals surface area contributed by atoms with Gasteiger partial charge in [0.25, 0.3) is 0 Å². The summed E-state index contributed by atoms with van der Waals surface area (Å²) in [6.07, 6.45) is 0. The topological polar surface area (TPSA) is 64.3 Å². The van der Waals surface area contributed by atoms with Crippen LogP contribution in [0.1, 0.15) is 23.1 Å². The number of hydrogen-bond acceptors (Lipinski definition) is 4. The predicted octanol–water partition coefficient (Wildman–Crippen LogP) is 0.611. The maximum Gasteiger partial charge on any atom is 0.360 e. The number of hydrogen-bond donors (Lipinski definition) is 1. The molecule has 0 aliphatic carbocycles. The van der Waals surface area contributed by atoms with Crippen LogP contribution in [0.25, 0.3) is 0 Å². The number of aromatic hydroxyl groups is 1. The third-order valence-corrected chi connectivity index (χ3v) is 1.66. The molecule has 0 fully saturated rings. The third-order valence-electron chi connectivity index (χ3n) is 1.66. The molecule has 0 aromatic carbocycles. The zero-order valence-corrected chi connectivity index (χ0v) is 7.87. The summed E-state index contributed by atoms with van der Waals surface area (Å²) in [7, 11) is 1.58. The zero-order valence-electron chi connectivity index (χ0n) is 7.87. The van der Waals surface area contributed by atoms with Crippen molar-refractivity contribution in [1.82, 2.24) is 9.78 Å². The molecule has 0 saturated carbocycles. The van der Waals surface area contributed by atoms with Crippen molar-refractivity contribution in [3.05, 3.63) is 11.4 Å². The Hall–Kier alpha value is -1.52. The Balaban J connectivity index is 3.06. The molecule has 0 saturated heterocycles. The van der Waals surface area contributed by atoms with E-state index in [1.807, 2.05) is 0 Å². The highest BCUT2D eigenvalue weighted by atomic mass is 16.5. The summed E-state index contributed by atoms with van der Waals surface area (Å²) in [4.78, 5) is 11.3. The van der Waals surface area contributed by atoms with Gasteiger partial charge in [0.05, 0.1) is 6.61 Å². The van der Waals surface area contributed by atoms with Crippen molar-refractivity contribution >= 4 is 5.97 Å². The summed E-state index contributed by atoms with van der Waals surface area (Å²) in [5, 5.41) is 13.3. The van der Waals surface area contributed by atoms with Crippen LogP contribution in [0.15, 0.2) is 0 Å². The van der Waals surface area contributed by atoms with Crippen molar-refractivity contribution in [2.45, 2.75) is 13.8 Å². The van der Waals surface area contributed by atoms with Gasteiger partial charge in [0.1, 0.15) is 5.69 Å². The van der Waals surface area contributed by atoms with E-state index in [1.165, 1.54) is 4.68 Å². The van der Waals surface area contributed by atoms with Gasteiger partial charge in [0.2, 0.25) is 0 Å². The van der Waals surface area contributed by atoms with Gasteiger partial charge in [-0.15, -0.1) is 0 Å². The van der Waals surface area contributed by atoms with Crippen molar-refractivity contribution in [2.75, 3.05) is 6.61 Å². The van der Waals surface area contributed by atoms with Crippen molar-refractivity contribution in [3.63, 3.8) is 0 Å². The van der Waals surface area contributed by atoms with Crippen molar-refractivity contribution in [2.24, 2.45) is 7.05 Å². The molecule has 5 nitrogen and oxygen atoms in total. The number of aromatic nitrogens is 2. The highest BCUT2D eigenvalue weighted by molar-refractivity contribution is 5.90. The number of ether oxygens (including phenoxy) is 1. The molecule has 0 aliphatic rings. The summed E-state index contributed by atoms with van der Waals surface area (Å²) in [5.41, 5.74) is 0.518. The van der Waals surface area contributed by atoms with Gasteiger partial charge in [-0.2, -0.15) is 5.10 Å². The average molecular weight is 184 g/mol. The molecule has 0 aliphatic heterocycles. The summed E-state index contributed by atoms with van der Waals surface area (Å²) in [6.45, 7) is 3.61. The number of carbonyl (C=O) groups is 1. The zero-order chi connectivity index (χ0) is 10.0. The highest BCUT2D eigenvalue weighted by Gasteiger charge is 2.20. The first-order chi connectivity index (χ1) is 6.07. The quantitative estimate of drug-likeness (QED) is 0.684. The first-order valence-electron chi connectivity index (χ1n) is 3.97. The van der Waals surface area contributed by atoms with Crippen LogP contribution in [0.4, 0.5) is 0 Å². The molecule has 1 rings (SSSR count). The fourth-order valence-corrected chi connectivity index (χ4v) is 1.08. The minimum atomic E-state index is -0.553. The summed E-state index contributed by atoms with van der Waals surface area (Å²) in [6, 6.07) is 0. The van der Waals surface area contributed by atoms with Gasteiger partial charge in [-0.3, -0.25) is 4.68 Å². The van der Waals surface area contributed by atoms with E-state index in [0.717, 1.165) is 0 Å². The third kappa shape index (κ3) is 1.63. The Morgan fingerprint density at radius 2 is 2.31 bits per heavy atom. The molecule has 1 N–H and O–H groups in total. The van der Waals surface area contributed by atoms with Crippen molar-refractivity contribution < 1.29 is 14.6 Å². The largest absolute Gasteiger partial charge is 0.504 e. The van der Waals surface area contributed by atoms with Crippen LogP contribution in [0.2, 0.25) is 0 Å². The van der Waals surface area contributed by atoms with Gasteiger partial charge in [-0.05, 0) is 13.8 Å². The van der Waals surface area contributed by atoms with E-state index in [4.69, 9.17) is 4.74 Å². The SMILES string of the molecule is CCOC(=O)c1c(O)c(C)nn1C. The summed E-state index contributed by atoms with van der Waals surface area (Å²) >= 11 is 0. The van der Waals surface area contributed by atoms with Crippen LogP contribution >= 0.6 is 0 Å². The van der Waals surface area contributed by atoms with Crippen LogP contribution < -0.4 is 0 Å². The maximum absolute atomic E-state index is 11.3. The van der Waals surface area contributed by atoms with Crippen molar-refractivity contribution in [3.8, 4) is 5.75 Å². The lowest BCUT2D eigenvalue weighted by Crippen LogP contribution is -2.10. The molecular formula is C8H12N2O3. The molecule has 13 heavy (non-hydrogen) atoms. The molecular weight excluding hydrogens is 172 g/mol. The second-order valence-corrected chi connectivity index (χ2v) is 2.63. The fraction of sp³-hybridized carbons (Fsp3) is 0.500. The van der Waals surface area contributed by atoms with E-state index in [-0.39, 0.29) is 18.1 Å². The number of aryl methyl sites for hydroxylation is 2. The van der Waals surface area contributed by atoms with Crippen LogP contribution in [-0.2, 0) is 11.8 Å². The lowest BCUT2D eigenvalue weighted by Gasteiger charge is -2.01. The molecule has 0 amide bonds. The minimum absolute atomic E-state index is 0.0966. The number of nitrogens with zero attached hydrogens (tertiary/aromatic N) is 2. The van der Waals surface area contributed by atoms with E-state index in [0.29, 0.717) is 5.69 Å². The Labute approximate surface area is 75.9 Å². The number of rotatable bonds is 2. The van der Waals surface area contributed by atoms with E-state index >= 15 is 0 Å². The molecule has 0 unspecified atom stereocenters. The molecule has 72 valence electrons. The highest BCUT2D eigenvalue weighted by Crippen LogP contribution is 2.20. The first kappa shape index (κ1) is 9.57. The molecule has 5 heteroatoms. The van der Waals surface area contributed by atoms with Gasteiger partial charge < -0.3 is 9.84 Å². The maximum atomic E-state index is 11.3. The second-order valence-electron chi connectivity index (χ2n) is 2.63. The minimum Gasteiger partial charge on any atom is -0.504 e. The number of carbonyl (C=O) groups excluding carboxylic acids is 1. The summed E-state index contributed by atoms with van der Waals surface area (Å²) < 4.78 is 6.05. The molecule has 1 aromatic rings.